The molecule has 0 aliphatic rings. The highest BCUT2D eigenvalue weighted by Gasteiger charge is 2.07. The van der Waals surface area contributed by atoms with Crippen LogP contribution in [0.25, 0.3) is 0 Å². The third kappa shape index (κ3) is 2.95. The number of nitrogens with two attached hydrogens (primary N) is 1. The number of amides is 1. The highest BCUT2D eigenvalue weighted by atomic mass is 19.1. The van der Waals surface area contributed by atoms with Gasteiger partial charge in [-0.1, -0.05) is 11.8 Å². The second kappa shape index (κ2) is 4.42. The van der Waals surface area contributed by atoms with Gasteiger partial charge in [0.05, 0.1) is 6.42 Å². The summed E-state index contributed by atoms with van der Waals surface area (Å²) < 4.78 is 25.6. The van der Waals surface area contributed by atoms with Crippen LogP contribution in [-0.4, -0.2) is 11.0 Å². The van der Waals surface area contributed by atoms with E-state index in [1.807, 2.05) is 0 Å². The zero-order valence-corrected chi connectivity index (χ0v) is 7.55. The van der Waals surface area contributed by atoms with E-state index < -0.39 is 23.3 Å². The fraction of sp³-hybridized carbons (Fsp3) is 0.100. The number of carbonyl (C=O) groups is 1. The van der Waals surface area contributed by atoms with Crippen LogP contribution in [0.1, 0.15) is 12.0 Å². The Balaban J connectivity index is 2.95. The Bertz CT molecular complexity index is 437. The van der Waals surface area contributed by atoms with Crippen molar-refractivity contribution in [2.24, 2.45) is 5.73 Å². The normalized spacial score (nSPS) is 9.20. The van der Waals surface area contributed by atoms with E-state index in [1.54, 1.807) is 0 Å². The second-order valence-corrected chi connectivity index (χ2v) is 2.73. The summed E-state index contributed by atoms with van der Waals surface area (Å²) in [5.41, 5.74) is 4.84. The topological polar surface area (TPSA) is 63.3 Å². The van der Waals surface area contributed by atoms with Crippen LogP contribution < -0.4 is 5.73 Å². The number of phenols is 1. The summed E-state index contributed by atoms with van der Waals surface area (Å²) in [6.07, 6.45) is -0.190. The van der Waals surface area contributed by atoms with Gasteiger partial charge in [0, 0.05) is 5.56 Å². The van der Waals surface area contributed by atoms with Crippen molar-refractivity contribution in [2.45, 2.75) is 6.42 Å². The van der Waals surface area contributed by atoms with Crippen molar-refractivity contribution in [3.05, 3.63) is 29.3 Å². The molecular formula is C10H7F2NO2. The van der Waals surface area contributed by atoms with Crippen LogP contribution in [0.2, 0.25) is 0 Å². The average Bonchev–Trinajstić information content (AvgIpc) is 2.13. The highest BCUT2D eigenvalue weighted by Crippen LogP contribution is 2.20. The lowest BCUT2D eigenvalue weighted by atomic mass is 10.2. The first-order valence-corrected chi connectivity index (χ1v) is 3.96. The summed E-state index contributed by atoms with van der Waals surface area (Å²) in [7, 11) is 0. The molecule has 0 radical (unpaired) electrons. The highest BCUT2D eigenvalue weighted by molar-refractivity contribution is 5.76. The first kappa shape index (κ1) is 11.0. The maximum atomic E-state index is 12.8. The number of benzene rings is 1. The SMILES string of the molecule is NC(=O)CC#Cc1cc(F)c(O)c(F)c1. The molecule has 1 aromatic carbocycles. The van der Waals surface area contributed by atoms with E-state index in [2.05, 4.69) is 11.8 Å². The van der Waals surface area contributed by atoms with Crippen molar-refractivity contribution in [2.75, 3.05) is 0 Å². The molecule has 0 unspecified atom stereocenters. The van der Waals surface area contributed by atoms with Gasteiger partial charge in [-0.3, -0.25) is 4.79 Å². The van der Waals surface area contributed by atoms with Gasteiger partial charge in [-0.15, -0.1) is 0 Å². The fourth-order valence-electron chi connectivity index (χ4n) is 0.871. The minimum absolute atomic E-state index is 0.0315. The standard InChI is InChI=1S/C10H7F2NO2/c11-7-4-6(2-1-3-9(13)14)5-8(12)10(7)15/h4-5,15H,3H2,(H2,13,14). The van der Waals surface area contributed by atoms with E-state index in [0.29, 0.717) is 0 Å². The van der Waals surface area contributed by atoms with Crippen LogP contribution in [-0.2, 0) is 4.79 Å². The van der Waals surface area contributed by atoms with Crippen LogP contribution in [0.15, 0.2) is 12.1 Å². The Kier molecular flexibility index (Phi) is 3.24. The van der Waals surface area contributed by atoms with E-state index in [9.17, 15) is 13.6 Å². The van der Waals surface area contributed by atoms with Crippen molar-refractivity contribution in [3.8, 4) is 17.6 Å². The van der Waals surface area contributed by atoms with Crippen molar-refractivity contribution in [1.29, 1.82) is 0 Å². The molecule has 0 heterocycles. The first-order chi connectivity index (χ1) is 7.00. The van der Waals surface area contributed by atoms with Gasteiger partial charge in [0.15, 0.2) is 17.4 Å². The van der Waals surface area contributed by atoms with E-state index in [4.69, 9.17) is 10.8 Å². The molecule has 0 atom stereocenters. The number of carbonyl (C=O) groups excluding carboxylic acids is 1. The van der Waals surface area contributed by atoms with Crippen LogP contribution in [0.3, 0.4) is 0 Å². The minimum Gasteiger partial charge on any atom is -0.503 e. The number of primary amides is 1. The molecule has 1 rings (SSSR count). The van der Waals surface area contributed by atoms with Crippen molar-refractivity contribution >= 4 is 5.91 Å². The first-order valence-electron chi connectivity index (χ1n) is 3.96. The lowest BCUT2D eigenvalue weighted by Crippen LogP contribution is -2.08. The Morgan fingerprint density at radius 1 is 1.40 bits per heavy atom. The molecule has 0 bridgehead atoms. The summed E-state index contributed by atoms with van der Waals surface area (Å²) in [6.45, 7) is 0. The van der Waals surface area contributed by atoms with Crippen LogP contribution in [0.5, 0.6) is 5.75 Å². The molecule has 0 aliphatic carbocycles. The molecule has 1 aromatic rings. The number of hydrogen-bond acceptors (Lipinski definition) is 2. The summed E-state index contributed by atoms with van der Waals surface area (Å²) in [4.78, 5) is 10.3. The average molecular weight is 211 g/mol. The molecule has 0 saturated heterocycles. The lowest BCUT2D eigenvalue weighted by Gasteiger charge is -1.97. The van der Waals surface area contributed by atoms with E-state index in [-0.39, 0.29) is 12.0 Å². The van der Waals surface area contributed by atoms with Crippen LogP contribution in [0.4, 0.5) is 8.78 Å². The van der Waals surface area contributed by atoms with E-state index in [1.165, 1.54) is 0 Å². The summed E-state index contributed by atoms with van der Waals surface area (Å²) in [5.74, 6) is 0.812. The maximum Gasteiger partial charge on any atom is 0.229 e. The third-order valence-corrected chi connectivity index (χ3v) is 1.51. The minimum atomic E-state index is -1.10. The van der Waals surface area contributed by atoms with E-state index in [0.717, 1.165) is 12.1 Å². The molecule has 0 fully saturated rings. The predicted molar refractivity (Wildman–Crippen MR) is 48.7 cm³/mol. The Morgan fingerprint density at radius 2 is 1.93 bits per heavy atom. The number of rotatable bonds is 1. The van der Waals surface area contributed by atoms with Crippen LogP contribution in [0, 0.1) is 23.5 Å². The quantitative estimate of drug-likeness (QED) is 0.678. The van der Waals surface area contributed by atoms with Crippen molar-refractivity contribution < 1.29 is 18.7 Å². The Morgan fingerprint density at radius 3 is 2.40 bits per heavy atom. The zero-order valence-electron chi connectivity index (χ0n) is 7.55. The van der Waals surface area contributed by atoms with Gasteiger partial charge in [0.1, 0.15) is 0 Å². The molecule has 0 aliphatic heterocycles. The molecular weight excluding hydrogens is 204 g/mol. The largest absolute Gasteiger partial charge is 0.503 e. The molecule has 15 heavy (non-hydrogen) atoms. The molecule has 0 saturated carbocycles. The fourth-order valence-corrected chi connectivity index (χ4v) is 0.871. The van der Waals surface area contributed by atoms with Gasteiger partial charge >= 0.3 is 0 Å². The molecule has 3 N–H and O–H groups in total. The van der Waals surface area contributed by atoms with Crippen molar-refractivity contribution in [1.82, 2.24) is 0 Å². The number of halogens is 2. The monoisotopic (exact) mass is 211 g/mol. The lowest BCUT2D eigenvalue weighted by molar-refractivity contribution is -0.117. The summed E-state index contributed by atoms with van der Waals surface area (Å²) in [6, 6.07) is 1.73. The molecule has 5 heteroatoms. The smallest absolute Gasteiger partial charge is 0.229 e. The van der Waals surface area contributed by atoms with Crippen LogP contribution >= 0.6 is 0 Å². The van der Waals surface area contributed by atoms with E-state index >= 15 is 0 Å². The van der Waals surface area contributed by atoms with Crippen molar-refractivity contribution in [3.63, 3.8) is 0 Å². The number of hydrogen-bond donors (Lipinski definition) is 2. The molecule has 78 valence electrons. The zero-order chi connectivity index (χ0) is 11.4. The van der Waals surface area contributed by atoms with Gasteiger partial charge in [-0.25, -0.2) is 8.78 Å². The van der Waals surface area contributed by atoms with Gasteiger partial charge in [-0.2, -0.15) is 0 Å². The Labute approximate surface area is 84.5 Å². The summed E-state index contributed by atoms with van der Waals surface area (Å²) in [5, 5.41) is 8.77. The molecule has 3 nitrogen and oxygen atoms in total. The molecule has 0 spiro atoms. The third-order valence-electron chi connectivity index (χ3n) is 1.51. The number of aromatic hydroxyl groups is 1. The molecule has 0 aromatic heterocycles. The predicted octanol–water partition coefficient (Wildman–Crippen LogP) is 0.897. The summed E-state index contributed by atoms with van der Waals surface area (Å²) >= 11 is 0. The maximum absolute atomic E-state index is 12.8. The van der Waals surface area contributed by atoms with Gasteiger partial charge in [-0.05, 0) is 12.1 Å². The Hall–Kier alpha value is -2.09. The second-order valence-electron chi connectivity index (χ2n) is 2.73. The van der Waals surface area contributed by atoms with Gasteiger partial charge in [0.2, 0.25) is 5.91 Å². The molecule has 1 amide bonds. The number of phenolic OH excluding ortho intramolecular Hbond substituents is 1. The van der Waals surface area contributed by atoms with Gasteiger partial charge < -0.3 is 10.8 Å². The van der Waals surface area contributed by atoms with Gasteiger partial charge in [0.25, 0.3) is 0 Å².